The summed E-state index contributed by atoms with van der Waals surface area (Å²) in [5.74, 6) is 0. The van der Waals surface area contributed by atoms with Gasteiger partial charge in [-0.2, -0.15) is 0 Å². The number of H-pyrrole nitrogens is 1. The molecular weight excluding hydrogens is 196 g/mol. The Bertz CT molecular complexity index is 637. The van der Waals surface area contributed by atoms with Crippen LogP contribution in [0.5, 0.6) is 0 Å². The van der Waals surface area contributed by atoms with Gasteiger partial charge >= 0.3 is 0 Å². The molecule has 2 heteroatoms. The molecule has 0 radical (unpaired) electrons. The van der Waals surface area contributed by atoms with Gasteiger partial charge in [-0.1, -0.05) is 25.5 Å². The summed E-state index contributed by atoms with van der Waals surface area (Å²) in [6.07, 6.45) is 6.08. The van der Waals surface area contributed by atoms with Crippen LogP contribution in [0, 0.1) is 0 Å². The Balaban J connectivity index is 2.28. The van der Waals surface area contributed by atoms with E-state index in [1.165, 1.54) is 33.8 Å². The van der Waals surface area contributed by atoms with Crippen LogP contribution in [0.2, 0.25) is 0 Å². The molecule has 3 aromatic rings. The normalized spacial score (nSPS) is 11.3. The molecule has 0 saturated heterocycles. The summed E-state index contributed by atoms with van der Waals surface area (Å²) >= 11 is 0. The van der Waals surface area contributed by atoms with Crippen molar-refractivity contribution in [3.8, 4) is 0 Å². The third-order valence-corrected chi connectivity index (χ3v) is 3.00. The van der Waals surface area contributed by atoms with Crippen LogP contribution < -0.4 is 0 Å². The molecule has 1 aromatic carbocycles. The Labute approximate surface area is 94.3 Å². The number of hydrogen-bond donors (Lipinski definition) is 1. The highest BCUT2D eigenvalue weighted by atomic mass is 14.7. The molecule has 0 unspecified atom stereocenters. The van der Waals surface area contributed by atoms with Gasteiger partial charge in [-0.25, -0.2) is 0 Å². The van der Waals surface area contributed by atoms with Crippen LogP contribution in [0.1, 0.15) is 18.9 Å². The first kappa shape index (κ1) is 9.40. The largest absolute Gasteiger partial charge is 0.354 e. The van der Waals surface area contributed by atoms with Crippen molar-refractivity contribution in [1.29, 1.82) is 0 Å². The second-order valence-corrected chi connectivity index (χ2v) is 4.18. The molecule has 16 heavy (non-hydrogen) atoms. The number of nitrogens with zero attached hydrogens (tertiary/aromatic N) is 1. The smallest absolute Gasteiger partial charge is 0.0495 e. The van der Waals surface area contributed by atoms with Crippen molar-refractivity contribution in [3.63, 3.8) is 0 Å². The summed E-state index contributed by atoms with van der Waals surface area (Å²) in [5, 5.41) is 2.48. The van der Waals surface area contributed by atoms with Crippen molar-refractivity contribution in [3.05, 3.63) is 42.2 Å². The van der Waals surface area contributed by atoms with Crippen molar-refractivity contribution in [2.75, 3.05) is 0 Å². The maximum Gasteiger partial charge on any atom is 0.0495 e. The highest BCUT2D eigenvalue weighted by molar-refractivity contribution is 6.06. The average molecular weight is 210 g/mol. The Morgan fingerprint density at radius 2 is 2.06 bits per heavy atom. The Morgan fingerprint density at radius 3 is 2.94 bits per heavy atom. The minimum atomic E-state index is 1.14. The lowest BCUT2D eigenvalue weighted by Gasteiger charge is -1.98. The molecule has 2 heterocycles. The van der Waals surface area contributed by atoms with Crippen LogP contribution in [0.3, 0.4) is 0 Å². The molecule has 0 bridgehead atoms. The van der Waals surface area contributed by atoms with Crippen molar-refractivity contribution < 1.29 is 0 Å². The van der Waals surface area contributed by atoms with Gasteiger partial charge in [-0.15, -0.1) is 0 Å². The first-order chi connectivity index (χ1) is 7.88. The fraction of sp³-hybridized carbons (Fsp3) is 0.214. The van der Waals surface area contributed by atoms with Crippen LogP contribution in [-0.4, -0.2) is 9.97 Å². The van der Waals surface area contributed by atoms with Gasteiger partial charge in [0.05, 0.1) is 0 Å². The number of hydrogen-bond acceptors (Lipinski definition) is 1. The SMILES string of the molecule is CCCc1ccc2c(c1)[nH]c1ccncc12. The number of pyridine rings is 1. The Hall–Kier alpha value is -1.83. The van der Waals surface area contributed by atoms with Crippen LogP contribution in [0.4, 0.5) is 0 Å². The van der Waals surface area contributed by atoms with Gasteiger partial charge in [0.25, 0.3) is 0 Å². The quantitative estimate of drug-likeness (QED) is 0.687. The van der Waals surface area contributed by atoms with Gasteiger partial charge in [-0.3, -0.25) is 4.98 Å². The number of aromatic nitrogens is 2. The van der Waals surface area contributed by atoms with E-state index >= 15 is 0 Å². The second-order valence-electron chi connectivity index (χ2n) is 4.18. The Morgan fingerprint density at radius 1 is 1.12 bits per heavy atom. The predicted molar refractivity (Wildman–Crippen MR) is 67.6 cm³/mol. The van der Waals surface area contributed by atoms with E-state index in [0.29, 0.717) is 0 Å². The molecule has 0 amide bonds. The van der Waals surface area contributed by atoms with Gasteiger partial charge in [0.2, 0.25) is 0 Å². The van der Waals surface area contributed by atoms with E-state index in [4.69, 9.17) is 0 Å². The molecule has 0 aliphatic rings. The molecule has 3 rings (SSSR count). The third-order valence-electron chi connectivity index (χ3n) is 3.00. The molecule has 0 aliphatic carbocycles. The Kier molecular flexibility index (Phi) is 2.13. The summed E-state index contributed by atoms with van der Waals surface area (Å²) in [5.41, 5.74) is 3.78. The molecule has 0 spiro atoms. The molecule has 2 aromatic heterocycles. The van der Waals surface area contributed by atoms with E-state index in [1.54, 1.807) is 0 Å². The highest BCUT2D eigenvalue weighted by Gasteiger charge is 2.03. The van der Waals surface area contributed by atoms with Gasteiger partial charge in [0.15, 0.2) is 0 Å². The van der Waals surface area contributed by atoms with Gasteiger partial charge < -0.3 is 4.98 Å². The number of aromatic amines is 1. The van der Waals surface area contributed by atoms with E-state index in [0.717, 1.165) is 6.42 Å². The summed E-state index contributed by atoms with van der Waals surface area (Å²) in [6, 6.07) is 8.68. The lowest BCUT2D eigenvalue weighted by molar-refractivity contribution is 0.923. The summed E-state index contributed by atoms with van der Waals surface area (Å²) < 4.78 is 0. The van der Waals surface area contributed by atoms with Crippen molar-refractivity contribution in [1.82, 2.24) is 9.97 Å². The van der Waals surface area contributed by atoms with E-state index < -0.39 is 0 Å². The highest BCUT2D eigenvalue weighted by Crippen LogP contribution is 2.25. The first-order valence-electron chi connectivity index (χ1n) is 5.73. The maximum absolute atomic E-state index is 4.17. The van der Waals surface area contributed by atoms with Gasteiger partial charge in [0.1, 0.15) is 0 Å². The zero-order chi connectivity index (χ0) is 11.0. The minimum absolute atomic E-state index is 1.14. The van der Waals surface area contributed by atoms with Crippen molar-refractivity contribution in [2.45, 2.75) is 19.8 Å². The summed E-state index contributed by atoms with van der Waals surface area (Å²) in [4.78, 5) is 7.61. The summed E-state index contributed by atoms with van der Waals surface area (Å²) in [7, 11) is 0. The zero-order valence-electron chi connectivity index (χ0n) is 9.33. The van der Waals surface area contributed by atoms with E-state index in [9.17, 15) is 0 Å². The second kappa shape index (κ2) is 3.63. The number of nitrogens with one attached hydrogen (secondary N) is 1. The molecule has 80 valence electrons. The van der Waals surface area contributed by atoms with Crippen LogP contribution in [0.15, 0.2) is 36.7 Å². The minimum Gasteiger partial charge on any atom is -0.354 e. The van der Waals surface area contributed by atoms with Crippen molar-refractivity contribution >= 4 is 21.8 Å². The molecule has 1 N–H and O–H groups in total. The van der Waals surface area contributed by atoms with Crippen molar-refractivity contribution in [2.24, 2.45) is 0 Å². The van der Waals surface area contributed by atoms with Crippen LogP contribution in [0.25, 0.3) is 21.8 Å². The number of fused-ring (bicyclic) bond motifs is 3. The standard InChI is InChI=1S/C14H14N2/c1-2-3-10-4-5-11-12-9-15-7-6-13(12)16-14(11)8-10/h4-9,16H,2-3H2,1H3. The van der Waals surface area contributed by atoms with E-state index in [-0.39, 0.29) is 0 Å². The molecular formula is C14H14N2. The number of aryl methyl sites for hydroxylation is 1. The van der Waals surface area contributed by atoms with Crippen LogP contribution >= 0.6 is 0 Å². The number of rotatable bonds is 2. The molecule has 0 saturated carbocycles. The molecule has 0 fully saturated rings. The topological polar surface area (TPSA) is 28.7 Å². The zero-order valence-corrected chi connectivity index (χ0v) is 9.33. The fourth-order valence-electron chi connectivity index (χ4n) is 2.24. The summed E-state index contributed by atoms with van der Waals surface area (Å²) in [6.45, 7) is 2.21. The van der Waals surface area contributed by atoms with E-state index in [1.807, 2.05) is 18.5 Å². The van der Waals surface area contributed by atoms with E-state index in [2.05, 4.69) is 35.1 Å². The van der Waals surface area contributed by atoms with Gasteiger partial charge in [-0.05, 0) is 24.1 Å². The predicted octanol–water partition coefficient (Wildman–Crippen LogP) is 3.67. The third kappa shape index (κ3) is 1.38. The molecule has 2 nitrogen and oxygen atoms in total. The lowest BCUT2D eigenvalue weighted by atomic mass is 10.1. The number of benzene rings is 1. The molecule has 0 atom stereocenters. The lowest BCUT2D eigenvalue weighted by Crippen LogP contribution is -1.81. The first-order valence-corrected chi connectivity index (χ1v) is 5.73. The van der Waals surface area contributed by atoms with Gasteiger partial charge in [0, 0.05) is 34.2 Å². The fourth-order valence-corrected chi connectivity index (χ4v) is 2.24. The monoisotopic (exact) mass is 210 g/mol. The maximum atomic E-state index is 4.17. The van der Waals surface area contributed by atoms with Crippen LogP contribution in [-0.2, 0) is 6.42 Å². The average Bonchev–Trinajstić information content (AvgIpc) is 2.67. The molecule has 0 aliphatic heterocycles.